The lowest BCUT2D eigenvalue weighted by Gasteiger charge is -2.18. The molecule has 0 saturated heterocycles. The molecule has 0 heterocycles. The molecule has 6 heteroatoms. The number of carbonyl (C=O) groups excluding carboxylic acids is 1. The number of hydrogen-bond donors (Lipinski definition) is 3. The van der Waals surface area contributed by atoms with Crippen LogP contribution < -0.4 is 15.8 Å². The molecule has 2 aromatic rings. The molecule has 0 bridgehead atoms. The number of benzene rings is 2. The van der Waals surface area contributed by atoms with Crippen LogP contribution in [0.5, 0.6) is 5.75 Å². The zero-order valence-electron chi connectivity index (χ0n) is 15.3. The van der Waals surface area contributed by atoms with Gasteiger partial charge in [0.25, 0.3) is 0 Å². The number of nitrogens with two attached hydrogens (primary N) is 1. The van der Waals surface area contributed by atoms with Gasteiger partial charge in [0.05, 0.1) is 6.54 Å². The van der Waals surface area contributed by atoms with E-state index in [0.29, 0.717) is 11.6 Å². The Balaban J connectivity index is 1.79. The summed E-state index contributed by atoms with van der Waals surface area (Å²) in [4.78, 5) is 10.7. The van der Waals surface area contributed by atoms with Gasteiger partial charge in [-0.05, 0) is 43.5 Å². The second kappa shape index (κ2) is 9.79. The summed E-state index contributed by atoms with van der Waals surface area (Å²) < 4.78 is 5.98. The third-order valence-electron chi connectivity index (χ3n) is 4.12. The van der Waals surface area contributed by atoms with Crippen molar-refractivity contribution in [1.82, 2.24) is 10.4 Å². The molecule has 0 aliphatic heterocycles. The van der Waals surface area contributed by atoms with Crippen molar-refractivity contribution in [3.05, 3.63) is 65.7 Å². The lowest BCUT2D eigenvalue weighted by Crippen LogP contribution is -2.40. The van der Waals surface area contributed by atoms with Crippen LogP contribution in [0.2, 0.25) is 0 Å². The second-order valence-corrected chi connectivity index (χ2v) is 6.34. The van der Waals surface area contributed by atoms with Crippen LogP contribution in [0.1, 0.15) is 31.1 Å². The van der Waals surface area contributed by atoms with E-state index < -0.39 is 6.03 Å². The molecule has 4 N–H and O–H groups in total. The number of hydroxylamine groups is 2. The zero-order chi connectivity index (χ0) is 18.9. The number of amides is 2. The monoisotopic (exact) mass is 357 g/mol. The van der Waals surface area contributed by atoms with E-state index >= 15 is 0 Å². The number of rotatable bonds is 9. The van der Waals surface area contributed by atoms with E-state index in [0.717, 1.165) is 17.7 Å². The number of carbonyl (C=O) groups is 1. The van der Waals surface area contributed by atoms with Crippen LogP contribution >= 0.6 is 0 Å². The summed E-state index contributed by atoms with van der Waals surface area (Å²) in [5.74, 6) is 0.836. The highest BCUT2D eigenvalue weighted by atomic mass is 16.5. The van der Waals surface area contributed by atoms with E-state index in [2.05, 4.69) is 17.4 Å². The van der Waals surface area contributed by atoms with Crippen LogP contribution in [-0.2, 0) is 6.42 Å². The van der Waals surface area contributed by atoms with Crippen molar-refractivity contribution in [2.24, 2.45) is 5.73 Å². The standard InChI is InChI=1S/C20H27N3O3/c1-15(22-12-13-23(25)20(21)24)14-17-8-10-19(11-9-17)26-16(2)18-6-4-3-5-7-18/h3-11,15-16,22,25H,12-14H2,1-2H3,(H2,21,24). The van der Waals surface area contributed by atoms with Gasteiger partial charge in [-0.3, -0.25) is 5.21 Å². The number of nitrogens with one attached hydrogen (secondary N) is 1. The molecule has 2 rings (SSSR count). The molecule has 140 valence electrons. The molecule has 2 amide bonds. The minimum Gasteiger partial charge on any atom is -0.486 e. The Morgan fingerprint density at radius 1 is 1.15 bits per heavy atom. The summed E-state index contributed by atoms with van der Waals surface area (Å²) in [6.07, 6.45) is 0.825. The van der Waals surface area contributed by atoms with Gasteiger partial charge in [0, 0.05) is 12.6 Å². The van der Waals surface area contributed by atoms with Gasteiger partial charge >= 0.3 is 6.03 Å². The topological polar surface area (TPSA) is 87.8 Å². The lowest BCUT2D eigenvalue weighted by molar-refractivity contribution is -0.0382. The highest BCUT2D eigenvalue weighted by Gasteiger charge is 2.09. The SMILES string of the molecule is CC(Cc1ccc(OC(C)c2ccccc2)cc1)NCCN(O)C(N)=O. The predicted molar refractivity (Wildman–Crippen MR) is 101 cm³/mol. The van der Waals surface area contributed by atoms with Crippen molar-refractivity contribution in [2.45, 2.75) is 32.4 Å². The van der Waals surface area contributed by atoms with Gasteiger partial charge in [0.15, 0.2) is 0 Å². The normalized spacial score (nSPS) is 13.0. The Morgan fingerprint density at radius 3 is 2.42 bits per heavy atom. The Bertz CT molecular complexity index is 676. The van der Waals surface area contributed by atoms with Crippen LogP contribution in [0.3, 0.4) is 0 Å². The highest BCUT2D eigenvalue weighted by Crippen LogP contribution is 2.22. The number of hydrogen-bond acceptors (Lipinski definition) is 4. The van der Waals surface area contributed by atoms with Gasteiger partial charge in [0.2, 0.25) is 0 Å². The zero-order valence-corrected chi connectivity index (χ0v) is 15.3. The Labute approximate surface area is 154 Å². The first kappa shape index (κ1) is 19.8. The van der Waals surface area contributed by atoms with Gasteiger partial charge in [-0.2, -0.15) is 0 Å². The van der Waals surface area contributed by atoms with Gasteiger partial charge in [-0.25, -0.2) is 9.86 Å². The van der Waals surface area contributed by atoms with Crippen molar-refractivity contribution in [3.63, 3.8) is 0 Å². The highest BCUT2D eigenvalue weighted by molar-refractivity contribution is 5.70. The number of ether oxygens (including phenoxy) is 1. The van der Waals surface area contributed by atoms with E-state index in [1.165, 1.54) is 5.56 Å². The fourth-order valence-electron chi connectivity index (χ4n) is 2.65. The van der Waals surface area contributed by atoms with Crippen molar-refractivity contribution >= 4 is 6.03 Å². The van der Waals surface area contributed by atoms with E-state index in [9.17, 15) is 10.0 Å². The minimum absolute atomic E-state index is 0.00526. The molecule has 0 aromatic heterocycles. The molecule has 2 unspecified atom stereocenters. The van der Waals surface area contributed by atoms with Crippen LogP contribution in [-0.4, -0.2) is 35.4 Å². The molecule has 6 nitrogen and oxygen atoms in total. The van der Waals surface area contributed by atoms with Crippen molar-refractivity contribution in [3.8, 4) is 5.75 Å². The number of primary amides is 1. The fourth-order valence-corrected chi connectivity index (χ4v) is 2.65. The molecule has 0 radical (unpaired) electrons. The predicted octanol–water partition coefficient (Wildman–Crippen LogP) is 3.12. The maximum atomic E-state index is 10.7. The van der Waals surface area contributed by atoms with E-state index in [1.807, 2.05) is 56.3 Å². The summed E-state index contributed by atoms with van der Waals surface area (Å²) in [5, 5.41) is 13.0. The van der Waals surface area contributed by atoms with E-state index in [-0.39, 0.29) is 18.7 Å². The third kappa shape index (κ3) is 6.38. The minimum atomic E-state index is -0.847. The van der Waals surface area contributed by atoms with Gasteiger partial charge in [-0.1, -0.05) is 42.5 Å². The third-order valence-corrected chi connectivity index (χ3v) is 4.12. The van der Waals surface area contributed by atoms with Crippen molar-refractivity contribution in [1.29, 1.82) is 0 Å². The van der Waals surface area contributed by atoms with Crippen molar-refractivity contribution < 1.29 is 14.7 Å². The first-order chi connectivity index (χ1) is 12.5. The summed E-state index contributed by atoms with van der Waals surface area (Å²) in [6, 6.07) is 17.5. The molecule has 26 heavy (non-hydrogen) atoms. The first-order valence-corrected chi connectivity index (χ1v) is 8.75. The molecule has 0 aliphatic carbocycles. The number of urea groups is 1. The molecule has 0 spiro atoms. The van der Waals surface area contributed by atoms with E-state index in [4.69, 9.17) is 10.5 Å². The summed E-state index contributed by atoms with van der Waals surface area (Å²) in [6.45, 7) is 4.71. The molecular formula is C20H27N3O3. The van der Waals surface area contributed by atoms with Crippen molar-refractivity contribution in [2.75, 3.05) is 13.1 Å². The maximum Gasteiger partial charge on any atom is 0.338 e. The van der Waals surface area contributed by atoms with Crippen LogP contribution in [0.25, 0.3) is 0 Å². The molecule has 0 aliphatic rings. The summed E-state index contributed by atoms with van der Waals surface area (Å²) in [7, 11) is 0. The smallest absolute Gasteiger partial charge is 0.338 e. The average molecular weight is 357 g/mol. The summed E-state index contributed by atoms with van der Waals surface area (Å²) in [5.41, 5.74) is 7.28. The van der Waals surface area contributed by atoms with Gasteiger partial charge in [0.1, 0.15) is 11.9 Å². The van der Waals surface area contributed by atoms with Crippen LogP contribution in [0.4, 0.5) is 4.79 Å². The van der Waals surface area contributed by atoms with Gasteiger partial charge in [-0.15, -0.1) is 0 Å². The van der Waals surface area contributed by atoms with E-state index in [1.54, 1.807) is 0 Å². The molecule has 0 fully saturated rings. The quantitative estimate of drug-likeness (QED) is 0.475. The molecular weight excluding hydrogens is 330 g/mol. The second-order valence-electron chi connectivity index (χ2n) is 6.34. The average Bonchev–Trinajstić information content (AvgIpc) is 2.63. The Hall–Kier alpha value is -2.57. The Morgan fingerprint density at radius 2 is 1.81 bits per heavy atom. The first-order valence-electron chi connectivity index (χ1n) is 8.75. The molecule has 2 aromatic carbocycles. The number of nitrogens with zero attached hydrogens (tertiary/aromatic N) is 1. The fraction of sp³-hybridized carbons (Fsp3) is 0.350. The van der Waals surface area contributed by atoms with Crippen LogP contribution in [0, 0.1) is 0 Å². The van der Waals surface area contributed by atoms with Crippen LogP contribution in [0.15, 0.2) is 54.6 Å². The van der Waals surface area contributed by atoms with Gasteiger partial charge < -0.3 is 15.8 Å². The molecule has 2 atom stereocenters. The lowest BCUT2D eigenvalue weighted by atomic mass is 10.1. The Kier molecular flexibility index (Phi) is 7.44. The largest absolute Gasteiger partial charge is 0.486 e. The molecule has 0 saturated carbocycles. The summed E-state index contributed by atoms with van der Waals surface area (Å²) >= 11 is 0. The maximum absolute atomic E-state index is 10.7.